The summed E-state index contributed by atoms with van der Waals surface area (Å²) in [5.74, 6) is 1.13. The van der Waals surface area contributed by atoms with Crippen LogP contribution in [-0.2, 0) is 0 Å². The number of fused-ring (bicyclic) bond motifs is 2. The molecule has 0 atom stereocenters. The fourth-order valence-corrected chi connectivity index (χ4v) is 3.68. The van der Waals surface area contributed by atoms with Crippen molar-refractivity contribution in [1.82, 2.24) is 4.98 Å². The van der Waals surface area contributed by atoms with Crippen LogP contribution >= 0.6 is 11.3 Å². The Hall–Kier alpha value is -2.60. The number of nitrogens with zero attached hydrogens (tertiary/aromatic N) is 1. The molecule has 6 heteroatoms. The molecule has 3 heterocycles. The topological polar surface area (TPSA) is 74.4 Å². The van der Waals surface area contributed by atoms with Crippen molar-refractivity contribution in [3.8, 4) is 11.5 Å². The Morgan fingerprint density at radius 2 is 1.96 bits per heavy atom. The highest BCUT2D eigenvalue weighted by Crippen LogP contribution is 2.36. The Balaban J connectivity index is 1.78. The molecule has 3 aromatic rings. The fraction of sp³-hybridized carbons (Fsp3) is 0.176. The SMILES string of the molecule is Cc1ccc2c(N)c(C(=O)c3ccc4c(c3)OCCO4)sc2n1. The lowest BCUT2D eigenvalue weighted by Gasteiger charge is -2.18. The summed E-state index contributed by atoms with van der Waals surface area (Å²) in [6.45, 7) is 2.92. The number of ketones is 1. The van der Waals surface area contributed by atoms with Crippen molar-refractivity contribution in [3.05, 3.63) is 46.5 Å². The Bertz CT molecular complexity index is 933. The van der Waals surface area contributed by atoms with E-state index in [0.29, 0.717) is 40.8 Å². The third-order valence-corrected chi connectivity index (χ3v) is 4.86. The van der Waals surface area contributed by atoms with Crippen molar-refractivity contribution in [2.75, 3.05) is 18.9 Å². The quantitative estimate of drug-likeness (QED) is 0.732. The van der Waals surface area contributed by atoms with Gasteiger partial charge in [0, 0.05) is 16.6 Å². The number of carbonyl (C=O) groups excluding carboxylic acids is 1. The highest BCUT2D eigenvalue weighted by molar-refractivity contribution is 7.21. The maximum absolute atomic E-state index is 12.8. The van der Waals surface area contributed by atoms with Crippen LogP contribution in [0.5, 0.6) is 11.5 Å². The van der Waals surface area contributed by atoms with E-state index in [9.17, 15) is 4.79 Å². The maximum Gasteiger partial charge on any atom is 0.205 e. The van der Waals surface area contributed by atoms with Crippen LogP contribution in [0.4, 0.5) is 5.69 Å². The monoisotopic (exact) mass is 326 g/mol. The predicted molar refractivity (Wildman–Crippen MR) is 89.6 cm³/mol. The molecule has 0 aliphatic carbocycles. The van der Waals surface area contributed by atoms with Gasteiger partial charge in [-0.25, -0.2) is 4.98 Å². The van der Waals surface area contributed by atoms with Crippen molar-refractivity contribution < 1.29 is 14.3 Å². The molecule has 0 radical (unpaired) electrons. The van der Waals surface area contributed by atoms with Gasteiger partial charge in [0.2, 0.25) is 5.78 Å². The normalized spacial score (nSPS) is 13.3. The first kappa shape index (κ1) is 14.0. The average Bonchev–Trinajstić information content (AvgIpc) is 2.89. The van der Waals surface area contributed by atoms with Gasteiger partial charge in [-0.1, -0.05) is 0 Å². The second-order valence-electron chi connectivity index (χ2n) is 5.34. The molecule has 0 bridgehead atoms. The molecule has 0 unspecified atom stereocenters. The number of thiophene rings is 1. The molecule has 4 rings (SSSR count). The Kier molecular flexibility index (Phi) is 3.20. The first-order chi connectivity index (χ1) is 11.1. The molecular formula is C17H14N2O3S. The van der Waals surface area contributed by atoms with E-state index >= 15 is 0 Å². The van der Waals surface area contributed by atoms with Crippen molar-refractivity contribution in [3.63, 3.8) is 0 Å². The number of benzene rings is 1. The highest BCUT2D eigenvalue weighted by atomic mass is 32.1. The number of ether oxygens (including phenoxy) is 2. The van der Waals surface area contributed by atoms with Gasteiger partial charge in [0.15, 0.2) is 11.5 Å². The molecule has 23 heavy (non-hydrogen) atoms. The second-order valence-corrected chi connectivity index (χ2v) is 6.34. The molecule has 1 aromatic carbocycles. The molecule has 5 nitrogen and oxygen atoms in total. The Labute approximate surface area is 136 Å². The van der Waals surface area contributed by atoms with Crippen molar-refractivity contribution in [2.45, 2.75) is 6.92 Å². The van der Waals surface area contributed by atoms with E-state index in [1.54, 1.807) is 18.2 Å². The van der Waals surface area contributed by atoms with Crippen LogP contribution in [0.2, 0.25) is 0 Å². The summed E-state index contributed by atoms with van der Waals surface area (Å²) in [6, 6.07) is 9.00. The largest absolute Gasteiger partial charge is 0.486 e. The van der Waals surface area contributed by atoms with Crippen LogP contribution < -0.4 is 15.2 Å². The van der Waals surface area contributed by atoms with Crippen LogP contribution in [0.25, 0.3) is 10.2 Å². The van der Waals surface area contributed by atoms with Crippen molar-refractivity contribution in [2.24, 2.45) is 0 Å². The third kappa shape index (κ3) is 2.31. The summed E-state index contributed by atoms with van der Waals surface area (Å²) >= 11 is 1.32. The lowest BCUT2D eigenvalue weighted by molar-refractivity contribution is 0.104. The van der Waals surface area contributed by atoms with Crippen LogP contribution in [0.15, 0.2) is 30.3 Å². The number of hydrogen-bond donors (Lipinski definition) is 1. The lowest BCUT2D eigenvalue weighted by Crippen LogP contribution is -2.15. The minimum absolute atomic E-state index is 0.125. The van der Waals surface area contributed by atoms with E-state index in [-0.39, 0.29) is 5.78 Å². The number of rotatable bonds is 2. The predicted octanol–water partition coefficient (Wildman–Crippen LogP) is 3.19. The van der Waals surface area contributed by atoms with Gasteiger partial charge < -0.3 is 15.2 Å². The molecule has 0 amide bonds. The van der Waals surface area contributed by atoms with Gasteiger partial charge >= 0.3 is 0 Å². The number of nitrogen functional groups attached to an aromatic ring is 1. The van der Waals surface area contributed by atoms with Crippen LogP contribution in [0, 0.1) is 6.92 Å². The fourth-order valence-electron chi connectivity index (χ4n) is 2.57. The molecule has 116 valence electrons. The van der Waals surface area contributed by atoms with E-state index in [1.165, 1.54) is 11.3 Å². The molecule has 2 N–H and O–H groups in total. The zero-order valence-corrected chi connectivity index (χ0v) is 13.3. The number of pyridine rings is 1. The molecule has 0 saturated heterocycles. The van der Waals surface area contributed by atoms with E-state index in [0.717, 1.165) is 15.9 Å². The minimum atomic E-state index is -0.125. The summed E-state index contributed by atoms with van der Waals surface area (Å²) < 4.78 is 11.0. The highest BCUT2D eigenvalue weighted by Gasteiger charge is 2.21. The maximum atomic E-state index is 12.8. The van der Waals surface area contributed by atoms with E-state index in [4.69, 9.17) is 15.2 Å². The van der Waals surface area contributed by atoms with Gasteiger partial charge in [0.25, 0.3) is 0 Å². The van der Waals surface area contributed by atoms with E-state index in [1.807, 2.05) is 19.1 Å². The summed E-state index contributed by atoms with van der Waals surface area (Å²) in [5.41, 5.74) is 8.07. The van der Waals surface area contributed by atoms with Gasteiger partial charge in [-0.3, -0.25) is 4.79 Å². The van der Waals surface area contributed by atoms with Crippen LogP contribution in [0.1, 0.15) is 20.9 Å². The Morgan fingerprint density at radius 3 is 2.78 bits per heavy atom. The van der Waals surface area contributed by atoms with E-state index < -0.39 is 0 Å². The summed E-state index contributed by atoms with van der Waals surface area (Å²) in [6.07, 6.45) is 0. The second kappa shape index (κ2) is 5.24. The minimum Gasteiger partial charge on any atom is -0.486 e. The number of aryl methyl sites for hydroxylation is 1. The molecule has 0 saturated carbocycles. The van der Waals surface area contributed by atoms with Gasteiger partial charge in [0.05, 0.1) is 5.69 Å². The summed E-state index contributed by atoms with van der Waals surface area (Å²) in [4.78, 5) is 18.5. The Morgan fingerprint density at radius 1 is 1.17 bits per heavy atom. The van der Waals surface area contributed by atoms with Crippen molar-refractivity contribution >= 4 is 33.0 Å². The summed E-state index contributed by atoms with van der Waals surface area (Å²) in [5, 5.41) is 0.821. The smallest absolute Gasteiger partial charge is 0.205 e. The van der Waals surface area contributed by atoms with Crippen LogP contribution in [0.3, 0.4) is 0 Å². The zero-order valence-electron chi connectivity index (χ0n) is 12.5. The molecular weight excluding hydrogens is 312 g/mol. The summed E-state index contributed by atoms with van der Waals surface area (Å²) in [7, 11) is 0. The number of anilines is 1. The standard InChI is InChI=1S/C17H14N2O3S/c1-9-2-4-11-14(18)16(23-17(11)19-9)15(20)10-3-5-12-13(8-10)22-7-6-21-12/h2-5,8H,6-7,18H2,1H3. The van der Waals surface area contributed by atoms with E-state index in [2.05, 4.69) is 4.98 Å². The number of aromatic nitrogens is 1. The molecule has 1 aliphatic rings. The zero-order chi connectivity index (χ0) is 16.0. The first-order valence-electron chi connectivity index (χ1n) is 7.23. The molecule has 1 aliphatic heterocycles. The van der Waals surface area contributed by atoms with Gasteiger partial charge in [-0.05, 0) is 37.3 Å². The molecule has 2 aromatic heterocycles. The molecule has 0 spiro atoms. The lowest BCUT2D eigenvalue weighted by atomic mass is 10.1. The molecule has 0 fully saturated rings. The first-order valence-corrected chi connectivity index (χ1v) is 8.05. The van der Waals surface area contributed by atoms with Gasteiger partial charge in [0.1, 0.15) is 22.9 Å². The third-order valence-electron chi connectivity index (χ3n) is 3.74. The average molecular weight is 326 g/mol. The number of carbonyl (C=O) groups is 1. The number of nitrogens with two attached hydrogens (primary N) is 1. The number of hydrogen-bond acceptors (Lipinski definition) is 6. The van der Waals surface area contributed by atoms with Crippen molar-refractivity contribution in [1.29, 1.82) is 0 Å². The van der Waals surface area contributed by atoms with Crippen LogP contribution in [-0.4, -0.2) is 24.0 Å². The van der Waals surface area contributed by atoms with Gasteiger partial charge in [-0.15, -0.1) is 11.3 Å². The van der Waals surface area contributed by atoms with Gasteiger partial charge in [-0.2, -0.15) is 0 Å².